The summed E-state index contributed by atoms with van der Waals surface area (Å²) in [5, 5.41) is 1.96. The Hall–Kier alpha value is -3.13. The second-order valence-electron chi connectivity index (χ2n) is 5.44. The molecule has 128 valence electrons. The molecule has 0 saturated heterocycles. The first-order valence-electron chi connectivity index (χ1n) is 8.29. The van der Waals surface area contributed by atoms with E-state index < -0.39 is 0 Å². The number of hydrogen-bond donors (Lipinski definition) is 1. The molecule has 25 heavy (non-hydrogen) atoms. The first-order chi connectivity index (χ1) is 12.2. The molecular weight excluding hydrogens is 314 g/mol. The van der Waals surface area contributed by atoms with E-state index in [9.17, 15) is 0 Å². The van der Waals surface area contributed by atoms with Gasteiger partial charge in [0.15, 0.2) is 11.5 Å². The van der Waals surface area contributed by atoms with Crippen molar-refractivity contribution < 1.29 is 9.47 Å². The molecule has 1 heterocycles. The Labute approximate surface area is 148 Å². The first-order valence-corrected chi connectivity index (χ1v) is 8.29. The minimum Gasteiger partial charge on any atom is -0.490 e. The Morgan fingerprint density at radius 1 is 1.16 bits per heavy atom. The van der Waals surface area contributed by atoms with Gasteiger partial charge in [-0.15, -0.1) is 6.42 Å². The Morgan fingerprint density at radius 2 is 1.92 bits per heavy atom. The Morgan fingerprint density at radius 3 is 2.64 bits per heavy atom. The fourth-order valence-corrected chi connectivity index (χ4v) is 2.67. The lowest BCUT2D eigenvalue weighted by molar-refractivity contribution is 0.288. The summed E-state index contributed by atoms with van der Waals surface area (Å²) in [5.74, 6) is 4.10. The third-order valence-corrected chi connectivity index (χ3v) is 3.73. The molecule has 1 aliphatic rings. The fraction of sp³-hybridized carbons (Fsp3) is 0.250. The number of anilines is 2. The van der Waals surface area contributed by atoms with Crippen LogP contribution in [-0.4, -0.2) is 26.1 Å². The van der Waals surface area contributed by atoms with Gasteiger partial charge in [0.1, 0.15) is 6.67 Å². The molecule has 0 radical (unpaired) electrons. The minimum atomic E-state index is 0.493. The topological polar surface area (TPSA) is 46.1 Å². The van der Waals surface area contributed by atoms with Crippen molar-refractivity contribution in [2.45, 2.75) is 13.8 Å². The van der Waals surface area contributed by atoms with Crippen LogP contribution in [0.5, 0.6) is 11.5 Å². The van der Waals surface area contributed by atoms with Gasteiger partial charge in [-0.1, -0.05) is 12.0 Å². The number of aliphatic imine (C=N–C) groups is 1. The van der Waals surface area contributed by atoms with Crippen molar-refractivity contribution in [3.05, 3.63) is 47.5 Å². The lowest BCUT2D eigenvalue weighted by atomic mass is 10.1. The number of benzene rings is 2. The van der Waals surface area contributed by atoms with E-state index in [0.29, 0.717) is 19.9 Å². The van der Waals surface area contributed by atoms with Gasteiger partial charge in [0.25, 0.3) is 0 Å². The zero-order valence-corrected chi connectivity index (χ0v) is 14.5. The first kappa shape index (κ1) is 16.7. The molecule has 0 fully saturated rings. The molecule has 1 N–H and O–H groups in total. The number of fused-ring (bicyclic) bond motifs is 1. The molecule has 1 aliphatic heterocycles. The molecule has 0 bridgehead atoms. The third kappa shape index (κ3) is 3.69. The van der Waals surface area contributed by atoms with E-state index in [1.165, 1.54) is 0 Å². The Kier molecular flexibility index (Phi) is 5.10. The van der Waals surface area contributed by atoms with Crippen molar-refractivity contribution in [3.8, 4) is 23.8 Å². The molecule has 5 nitrogen and oxygen atoms in total. The highest BCUT2D eigenvalue weighted by Crippen LogP contribution is 2.36. The van der Waals surface area contributed by atoms with Crippen LogP contribution in [0.15, 0.2) is 41.4 Å². The normalized spacial score (nSPS) is 12.3. The highest BCUT2D eigenvalue weighted by Gasteiger charge is 2.19. The molecule has 3 rings (SSSR count). The fourth-order valence-electron chi connectivity index (χ4n) is 2.67. The SMILES string of the molecule is C#Cc1cccc(NN2CN=Cc3cc(OCC)c(OCC)cc32)c1. The van der Waals surface area contributed by atoms with Crippen LogP contribution in [0, 0.1) is 12.3 Å². The van der Waals surface area contributed by atoms with Crippen LogP contribution in [0.4, 0.5) is 11.4 Å². The zero-order chi connectivity index (χ0) is 17.6. The maximum Gasteiger partial charge on any atom is 0.163 e. The van der Waals surface area contributed by atoms with Crippen LogP contribution in [0.25, 0.3) is 0 Å². The predicted octanol–water partition coefficient (Wildman–Crippen LogP) is 3.69. The van der Waals surface area contributed by atoms with Crippen LogP contribution >= 0.6 is 0 Å². The van der Waals surface area contributed by atoms with E-state index in [1.807, 2.05) is 61.5 Å². The van der Waals surface area contributed by atoms with E-state index in [-0.39, 0.29) is 0 Å². The number of rotatable bonds is 6. The molecule has 0 aromatic heterocycles. The van der Waals surface area contributed by atoms with Gasteiger partial charge in [0.05, 0.1) is 24.6 Å². The van der Waals surface area contributed by atoms with Crippen molar-refractivity contribution in [3.63, 3.8) is 0 Å². The number of nitrogens with one attached hydrogen (secondary N) is 1. The molecule has 0 unspecified atom stereocenters. The zero-order valence-electron chi connectivity index (χ0n) is 14.5. The number of terminal acetylenes is 1. The highest BCUT2D eigenvalue weighted by atomic mass is 16.5. The molecule has 0 atom stereocenters. The van der Waals surface area contributed by atoms with E-state index in [0.717, 1.165) is 34.0 Å². The molecule has 0 saturated carbocycles. The second kappa shape index (κ2) is 7.63. The summed E-state index contributed by atoms with van der Waals surface area (Å²) in [5.41, 5.74) is 7.04. The van der Waals surface area contributed by atoms with E-state index in [4.69, 9.17) is 15.9 Å². The van der Waals surface area contributed by atoms with Gasteiger partial charge < -0.3 is 9.47 Å². The van der Waals surface area contributed by atoms with Gasteiger partial charge in [0.2, 0.25) is 0 Å². The van der Waals surface area contributed by atoms with E-state index in [2.05, 4.69) is 16.3 Å². The summed E-state index contributed by atoms with van der Waals surface area (Å²) in [7, 11) is 0. The van der Waals surface area contributed by atoms with Crippen LogP contribution in [0.1, 0.15) is 25.0 Å². The van der Waals surface area contributed by atoms with Crippen LogP contribution in [0.2, 0.25) is 0 Å². The summed E-state index contributed by atoms with van der Waals surface area (Å²) < 4.78 is 11.4. The maximum atomic E-state index is 5.74. The smallest absolute Gasteiger partial charge is 0.163 e. The van der Waals surface area contributed by atoms with Crippen LogP contribution < -0.4 is 19.9 Å². The average molecular weight is 335 g/mol. The third-order valence-electron chi connectivity index (χ3n) is 3.73. The van der Waals surface area contributed by atoms with Crippen LogP contribution in [0.3, 0.4) is 0 Å². The Balaban J connectivity index is 1.93. The lowest BCUT2D eigenvalue weighted by Crippen LogP contribution is -2.33. The highest BCUT2D eigenvalue weighted by molar-refractivity contribution is 5.92. The summed E-state index contributed by atoms with van der Waals surface area (Å²) in [4.78, 5) is 4.42. The van der Waals surface area contributed by atoms with Gasteiger partial charge in [-0.05, 0) is 38.1 Å². The monoisotopic (exact) mass is 335 g/mol. The largest absolute Gasteiger partial charge is 0.490 e. The minimum absolute atomic E-state index is 0.493. The summed E-state index contributed by atoms with van der Waals surface area (Å²) in [6, 6.07) is 11.7. The maximum absolute atomic E-state index is 5.74. The Bertz CT molecular complexity index is 824. The average Bonchev–Trinajstić information content (AvgIpc) is 2.63. The molecule has 0 amide bonds. The molecular formula is C20H21N3O2. The quantitative estimate of drug-likeness (QED) is 0.818. The van der Waals surface area contributed by atoms with Crippen molar-refractivity contribution >= 4 is 17.6 Å². The molecule has 5 heteroatoms. The van der Waals surface area contributed by atoms with E-state index >= 15 is 0 Å². The predicted molar refractivity (Wildman–Crippen MR) is 102 cm³/mol. The van der Waals surface area contributed by atoms with Crippen molar-refractivity contribution in [1.29, 1.82) is 0 Å². The van der Waals surface area contributed by atoms with E-state index in [1.54, 1.807) is 0 Å². The lowest BCUT2D eigenvalue weighted by Gasteiger charge is -2.29. The molecule has 0 aliphatic carbocycles. The molecule has 2 aromatic carbocycles. The number of nitrogens with zero attached hydrogens (tertiary/aromatic N) is 2. The summed E-state index contributed by atoms with van der Waals surface area (Å²) >= 11 is 0. The van der Waals surface area contributed by atoms with Gasteiger partial charge in [-0.25, -0.2) is 0 Å². The second-order valence-corrected chi connectivity index (χ2v) is 5.44. The molecule has 2 aromatic rings. The number of hydrogen-bond acceptors (Lipinski definition) is 5. The van der Waals surface area contributed by atoms with Gasteiger partial charge in [-0.2, -0.15) is 0 Å². The summed E-state index contributed by atoms with van der Waals surface area (Å²) in [6.07, 6.45) is 7.33. The van der Waals surface area contributed by atoms with Gasteiger partial charge >= 0.3 is 0 Å². The standard InChI is InChI=1S/C20H21N3O2/c1-4-15-8-7-9-17(10-15)22-23-14-21-13-16-11-19(24-5-2)20(25-6-3)12-18(16)23/h1,7-13,22H,5-6,14H2,2-3H3. The van der Waals surface area contributed by atoms with Gasteiger partial charge in [0, 0.05) is 23.4 Å². The molecule has 0 spiro atoms. The van der Waals surface area contributed by atoms with Crippen LogP contribution in [-0.2, 0) is 0 Å². The van der Waals surface area contributed by atoms with Crippen molar-refractivity contribution in [1.82, 2.24) is 0 Å². The van der Waals surface area contributed by atoms with Gasteiger partial charge in [-0.3, -0.25) is 15.4 Å². The van der Waals surface area contributed by atoms with Crippen molar-refractivity contribution in [2.24, 2.45) is 4.99 Å². The van der Waals surface area contributed by atoms with Crippen molar-refractivity contribution in [2.75, 3.05) is 30.3 Å². The number of ether oxygens (including phenoxy) is 2. The number of hydrazine groups is 1. The summed E-state index contributed by atoms with van der Waals surface area (Å²) in [6.45, 7) is 5.56.